The summed E-state index contributed by atoms with van der Waals surface area (Å²) < 4.78 is 5.88. The highest BCUT2D eigenvalue weighted by atomic mass is 79.9. The van der Waals surface area contributed by atoms with Crippen LogP contribution in [0.3, 0.4) is 0 Å². The van der Waals surface area contributed by atoms with Crippen LogP contribution in [0.25, 0.3) is 0 Å². The van der Waals surface area contributed by atoms with Crippen molar-refractivity contribution in [3.05, 3.63) is 0 Å². The maximum absolute atomic E-state index is 5.88. The van der Waals surface area contributed by atoms with Gasteiger partial charge in [-0.1, -0.05) is 51.1 Å². The summed E-state index contributed by atoms with van der Waals surface area (Å²) in [6.45, 7) is 0.839. The molecule has 1 fully saturated rings. The molecule has 0 amide bonds. The lowest BCUT2D eigenvalue weighted by molar-refractivity contribution is -0.0436. The van der Waals surface area contributed by atoms with Gasteiger partial charge in [0.15, 0.2) is 0 Å². The highest BCUT2D eigenvalue weighted by molar-refractivity contribution is 9.09. The van der Waals surface area contributed by atoms with Gasteiger partial charge in [-0.2, -0.15) is 0 Å². The Labute approximate surface area is 91.5 Å². The molecular formula is C9H16Br2O. The van der Waals surface area contributed by atoms with Gasteiger partial charge in [-0.3, -0.25) is 0 Å². The minimum atomic E-state index is 0.159. The summed E-state index contributed by atoms with van der Waals surface area (Å²) in [6.07, 6.45) is 6.49. The minimum Gasteiger partial charge on any atom is -0.373 e. The van der Waals surface area contributed by atoms with Gasteiger partial charge in [0.25, 0.3) is 0 Å². The van der Waals surface area contributed by atoms with Gasteiger partial charge < -0.3 is 4.74 Å². The first-order valence-corrected chi connectivity index (χ1v) is 6.83. The zero-order chi connectivity index (χ0) is 8.86. The van der Waals surface area contributed by atoms with Crippen molar-refractivity contribution in [2.24, 2.45) is 0 Å². The van der Waals surface area contributed by atoms with Crippen molar-refractivity contribution >= 4 is 31.9 Å². The van der Waals surface area contributed by atoms with Crippen LogP contribution in [0, 0.1) is 0 Å². The second-order valence-corrected chi connectivity index (χ2v) is 4.77. The molecule has 0 N–H and O–H groups in total. The first kappa shape index (κ1) is 11.0. The molecular weight excluding hydrogens is 284 g/mol. The lowest BCUT2D eigenvalue weighted by Gasteiger charge is -2.35. The molecule has 1 nitrogen and oxygen atoms in total. The van der Waals surface area contributed by atoms with Gasteiger partial charge in [0.05, 0.1) is 12.2 Å². The van der Waals surface area contributed by atoms with Crippen LogP contribution in [0.1, 0.15) is 32.1 Å². The smallest absolute Gasteiger partial charge is 0.0779 e. The van der Waals surface area contributed by atoms with E-state index in [9.17, 15) is 0 Å². The Morgan fingerprint density at radius 2 is 1.75 bits per heavy atom. The topological polar surface area (TPSA) is 9.23 Å². The molecule has 1 rings (SSSR count). The van der Waals surface area contributed by atoms with Crippen LogP contribution < -0.4 is 0 Å². The standard InChI is InChI=1S/C9H16Br2O/c10-6-7-12-9(8-11)4-2-1-3-5-9/h1-8H2. The molecule has 0 aromatic rings. The molecule has 1 aliphatic carbocycles. The number of hydrogen-bond acceptors (Lipinski definition) is 1. The van der Waals surface area contributed by atoms with Gasteiger partial charge in [0, 0.05) is 10.7 Å². The normalized spacial score (nSPS) is 22.5. The Hall–Kier alpha value is 0.920. The first-order valence-electron chi connectivity index (χ1n) is 4.59. The molecule has 0 atom stereocenters. The quantitative estimate of drug-likeness (QED) is 0.722. The molecule has 1 saturated carbocycles. The second-order valence-electron chi connectivity index (χ2n) is 3.41. The summed E-state index contributed by atoms with van der Waals surface area (Å²) in [5.41, 5.74) is 0.159. The molecule has 0 aliphatic heterocycles. The fraction of sp³-hybridized carbons (Fsp3) is 1.00. The van der Waals surface area contributed by atoms with Gasteiger partial charge in [0.1, 0.15) is 0 Å². The molecule has 0 aromatic heterocycles. The van der Waals surface area contributed by atoms with Crippen molar-refractivity contribution in [2.75, 3.05) is 17.3 Å². The average Bonchev–Trinajstić information content (AvgIpc) is 2.16. The van der Waals surface area contributed by atoms with Crippen LogP contribution in [0.15, 0.2) is 0 Å². The Kier molecular flexibility index (Phi) is 5.14. The molecule has 1 aliphatic rings. The molecule has 0 heterocycles. The van der Waals surface area contributed by atoms with E-state index in [0.717, 1.165) is 17.3 Å². The van der Waals surface area contributed by atoms with Gasteiger partial charge in [0.2, 0.25) is 0 Å². The predicted octanol–water partition coefficient (Wildman–Crippen LogP) is 3.50. The van der Waals surface area contributed by atoms with Crippen molar-refractivity contribution in [1.82, 2.24) is 0 Å². The highest BCUT2D eigenvalue weighted by Crippen LogP contribution is 2.33. The largest absolute Gasteiger partial charge is 0.373 e. The van der Waals surface area contributed by atoms with Crippen LogP contribution in [0.2, 0.25) is 0 Å². The number of rotatable bonds is 4. The number of ether oxygens (including phenoxy) is 1. The summed E-state index contributed by atoms with van der Waals surface area (Å²) in [6, 6.07) is 0. The molecule has 0 unspecified atom stereocenters. The summed E-state index contributed by atoms with van der Waals surface area (Å²) in [7, 11) is 0. The van der Waals surface area contributed by atoms with E-state index < -0.39 is 0 Å². The van der Waals surface area contributed by atoms with E-state index in [2.05, 4.69) is 31.9 Å². The maximum Gasteiger partial charge on any atom is 0.0779 e. The Morgan fingerprint density at radius 1 is 1.08 bits per heavy atom. The fourth-order valence-electron chi connectivity index (χ4n) is 1.77. The van der Waals surface area contributed by atoms with Crippen molar-refractivity contribution in [3.8, 4) is 0 Å². The molecule has 72 valence electrons. The summed E-state index contributed by atoms with van der Waals surface area (Å²) >= 11 is 6.95. The van der Waals surface area contributed by atoms with Crippen molar-refractivity contribution in [1.29, 1.82) is 0 Å². The van der Waals surface area contributed by atoms with Crippen LogP contribution in [-0.2, 0) is 4.74 Å². The molecule has 0 spiro atoms. The molecule has 3 heteroatoms. The van der Waals surface area contributed by atoms with E-state index in [-0.39, 0.29) is 5.60 Å². The number of alkyl halides is 2. The van der Waals surface area contributed by atoms with E-state index in [0.29, 0.717) is 0 Å². The fourth-order valence-corrected chi connectivity index (χ4v) is 2.65. The van der Waals surface area contributed by atoms with Gasteiger partial charge in [-0.15, -0.1) is 0 Å². The van der Waals surface area contributed by atoms with Gasteiger partial charge in [-0.05, 0) is 12.8 Å². The Balaban J connectivity index is 2.37. The molecule has 12 heavy (non-hydrogen) atoms. The third kappa shape index (κ3) is 3.00. The van der Waals surface area contributed by atoms with Crippen molar-refractivity contribution in [2.45, 2.75) is 37.7 Å². The average molecular weight is 300 g/mol. The number of halogens is 2. The third-order valence-corrected chi connectivity index (χ3v) is 3.84. The monoisotopic (exact) mass is 298 g/mol. The van der Waals surface area contributed by atoms with E-state index in [1.165, 1.54) is 32.1 Å². The van der Waals surface area contributed by atoms with E-state index in [1.54, 1.807) is 0 Å². The van der Waals surface area contributed by atoms with Crippen molar-refractivity contribution < 1.29 is 4.74 Å². The molecule has 0 bridgehead atoms. The van der Waals surface area contributed by atoms with E-state index in [1.807, 2.05) is 0 Å². The summed E-state index contributed by atoms with van der Waals surface area (Å²) in [4.78, 5) is 0. The SMILES string of the molecule is BrCCOC1(CBr)CCCCC1. The Bertz CT molecular complexity index is 122. The minimum absolute atomic E-state index is 0.159. The molecule has 0 radical (unpaired) electrons. The zero-order valence-electron chi connectivity index (χ0n) is 7.32. The van der Waals surface area contributed by atoms with Crippen LogP contribution >= 0.6 is 31.9 Å². The second kappa shape index (κ2) is 5.61. The zero-order valence-corrected chi connectivity index (χ0v) is 10.5. The number of hydrogen-bond donors (Lipinski definition) is 0. The maximum atomic E-state index is 5.88. The van der Waals surface area contributed by atoms with Gasteiger partial charge in [-0.25, -0.2) is 0 Å². The first-order chi connectivity index (χ1) is 5.83. The van der Waals surface area contributed by atoms with Crippen molar-refractivity contribution in [3.63, 3.8) is 0 Å². The van der Waals surface area contributed by atoms with Crippen LogP contribution in [0.4, 0.5) is 0 Å². The molecule has 0 saturated heterocycles. The van der Waals surface area contributed by atoms with E-state index in [4.69, 9.17) is 4.74 Å². The lowest BCUT2D eigenvalue weighted by Crippen LogP contribution is -2.37. The highest BCUT2D eigenvalue weighted by Gasteiger charge is 2.31. The molecule has 0 aromatic carbocycles. The summed E-state index contributed by atoms with van der Waals surface area (Å²) in [5, 5.41) is 1.94. The Morgan fingerprint density at radius 3 is 2.25 bits per heavy atom. The summed E-state index contributed by atoms with van der Waals surface area (Å²) in [5.74, 6) is 0. The third-order valence-electron chi connectivity index (χ3n) is 2.49. The predicted molar refractivity (Wildman–Crippen MR) is 59.4 cm³/mol. The van der Waals surface area contributed by atoms with Crippen LogP contribution in [-0.4, -0.2) is 22.9 Å². The lowest BCUT2D eigenvalue weighted by atomic mass is 9.86. The van der Waals surface area contributed by atoms with Crippen LogP contribution in [0.5, 0.6) is 0 Å². The van der Waals surface area contributed by atoms with Gasteiger partial charge >= 0.3 is 0 Å². The van der Waals surface area contributed by atoms with E-state index >= 15 is 0 Å².